The molecule has 104 valence electrons. The molecule has 0 aliphatic carbocycles. The Bertz CT molecular complexity index is 434. The molecule has 2 N–H and O–H groups in total. The van der Waals surface area contributed by atoms with Crippen molar-refractivity contribution in [2.45, 2.75) is 25.5 Å². The van der Waals surface area contributed by atoms with E-state index in [9.17, 15) is 9.59 Å². The van der Waals surface area contributed by atoms with Crippen molar-refractivity contribution >= 4 is 23.6 Å². The fourth-order valence-electron chi connectivity index (χ4n) is 1.58. The average molecular weight is 281 g/mol. The van der Waals surface area contributed by atoms with Crippen LogP contribution in [-0.2, 0) is 15.3 Å². The van der Waals surface area contributed by atoms with Crippen molar-refractivity contribution in [2.75, 3.05) is 12.3 Å². The van der Waals surface area contributed by atoms with Gasteiger partial charge in [-0.05, 0) is 18.9 Å². The quantitative estimate of drug-likeness (QED) is 0.717. The lowest BCUT2D eigenvalue weighted by Gasteiger charge is -2.05. The Morgan fingerprint density at radius 1 is 1.37 bits per heavy atom. The highest BCUT2D eigenvalue weighted by Crippen LogP contribution is 2.13. The van der Waals surface area contributed by atoms with Crippen molar-refractivity contribution in [2.24, 2.45) is 0 Å². The smallest absolute Gasteiger partial charge is 0.303 e. The van der Waals surface area contributed by atoms with Gasteiger partial charge >= 0.3 is 5.97 Å². The van der Waals surface area contributed by atoms with Gasteiger partial charge in [0.2, 0.25) is 5.91 Å². The normalized spacial score (nSPS) is 10.2. The van der Waals surface area contributed by atoms with E-state index in [2.05, 4.69) is 11.4 Å². The molecule has 0 fully saturated rings. The van der Waals surface area contributed by atoms with E-state index in [1.165, 1.54) is 11.1 Å². The minimum absolute atomic E-state index is 0.0389. The minimum Gasteiger partial charge on any atom is -0.481 e. The molecular formula is C14H19NO3S. The molecule has 0 spiro atoms. The van der Waals surface area contributed by atoms with E-state index in [0.29, 0.717) is 18.7 Å². The van der Waals surface area contributed by atoms with Crippen LogP contribution in [0.4, 0.5) is 0 Å². The predicted octanol–water partition coefficient (Wildman–Crippen LogP) is 2.21. The fraction of sp³-hybridized carbons (Fsp3) is 0.429. The van der Waals surface area contributed by atoms with Gasteiger partial charge in [0.1, 0.15) is 0 Å². The first kappa shape index (κ1) is 15.6. The van der Waals surface area contributed by atoms with Crippen LogP contribution < -0.4 is 5.32 Å². The van der Waals surface area contributed by atoms with Gasteiger partial charge in [-0.1, -0.05) is 29.8 Å². The van der Waals surface area contributed by atoms with Gasteiger partial charge in [0.15, 0.2) is 0 Å². The van der Waals surface area contributed by atoms with Crippen molar-refractivity contribution in [3.8, 4) is 0 Å². The lowest BCUT2D eigenvalue weighted by atomic mass is 10.2. The molecular weight excluding hydrogens is 262 g/mol. The first-order valence-corrected chi connectivity index (χ1v) is 7.35. The third kappa shape index (κ3) is 7.51. The number of benzene rings is 1. The number of amides is 1. The molecule has 0 radical (unpaired) electrons. The summed E-state index contributed by atoms with van der Waals surface area (Å²) in [7, 11) is 0. The van der Waals surface area contributed by atoms with Crippen molar-refractivity contribution in [1.82, 2.24) is 5.32 Å². The van der Waals surface area contributed by atoms with Crippen LogP contribution in [0.1, 0.15) is 24.0 Å². The molecule has 19 heavy (non-hydrogen) atoms. The third-order valence-electron chi connectivity index (χ3n) is 2.47. The Morgan fingerprint density at radius 2 is 2.16 bits per heavy atom. The van der Waals surface area contributed by atoms with E-state index in [4.69, 9.17) is 5.11 Å². The molecule has 0 aromatic heterocycles. The fourth-order valence-corrected chi connectivity index (χ4v) is 2.39. The summed E-state index contributed by atoms with van der Waals surface area (Å²) >= 11 is 1.56. The number of aryl methyl sites for hydroxylation is 1. The van der Waals surface area contributed by atoms with Crippen LogP contribution in [0.3, 0.4) is 0 Å². The monoisotopic (exact) mass is 281 g/mol. The summed E-state index contributed by atoms with van der Waals surface area (Å²) in [5.74, 6) is 0.344. The largest absolute Gasteiger partial charge is 0.481 e. The Labute approximate surface area is 117 Å². The molecule has 0 aliphatic rings. The highest BCUT2D eigenvalue weighted by Gasteiger charge is 2.02. The molecule has 1 aromatic rings. The SMILES string of the molecule is Cc1cccc(CSCC(=O)NCCCC(=O)O)c1. The second kappa shape index (κ2) is 8.58. The van der Waals surface area contributed by atoms with E-state index in [1.54, 1.807) is 11.8 Å². The summed E-state index contributed by atoms with van der Waals surface area (Å²) < 4.78 is 0. The molecule has 0 aliphatic heterocycles. The molecule has 0 atom stereocenters. The number of aliphatic carboxylic acids is 1. The maximum Gasteiger partial charge on any atom is 0.303 e. The molecule has 0 bridgehead atoms. The zero-order chi connectivity index (χ0) is 14.1. The van der Waals surface area contributed by atoms with Crippen LogP contribution >= 0.6 is 11.8 Å². The van der Waals surface area contributed by atoms with Crippen LogP contribution in [0.5, 0.6) is 0 Å². The number of hydrogen-bond donors (Lipinski definition) is 2. The second-order valence-electron chi connectivity index (χ2n) is 4.33. The van der Waals surface area contributed by atoms with Gasteiger partial charge in [-0.3, -0.25) is 9.59 Å². The lowest BCUT2D eigenvalue weighted by molar-refractivity contribution is -0.137. The van der Waals surface area contributed by atoms with Gasteiger partial charge in [-0.2, -0.15) is 0 Å². The molecule has 1 aromatic carbocycles. The van der Waals surface area contributed by atoms with E-state index in [-0.39, 0.29) is 12.3 Å². The number of carboxylic acid groups (broad SMARTS) is 1. The first-order chi connectivity index (χ1) is 9.08. The average Bonchev–Trinajstić information content (AvgIpc) is 2.34. The Balaban J connectivity index is 2.12. The summed E-state index contributed by atoms with van der Waals surface area (Å²) in [6.45, 7) is 2.47. The Kier molecular flexibility index (Phi) is 7.03. The van der Waals surface area contributed by atoms with Gasteiger partial charge in [-0.25, -0.2) is 0 Å². The molecule has 0 unspecified atom stereocenters. The molecule has 4 nitrogen and oxygen atoms in total. The highest BCUT2D eigenvalue weighted by atomic mass is 32.2. The number of thioether (sulfide) groups is 1. The van der Waals surface area contributed by atoms with E-state index in [1.807, 2.05) is 25.1 Å². The summed E-state index contributed by atoms with van der Waals surface area (Å²) in [4.78, 5) is 21.7. The topological polar surface area (TPSA) is 66.4 Å². The summed E-state index contributed by atoms with van der Waals surface area (Å²) in [6.07, 6.45) is 0.570. The summed E-state index contributed by atoms with van der Waals surface area (Å²) in [5, 5.41) is 11.2. The second-order valence-corrected chi connectivity index (χ2v) is 5.31. The predicted molar refractivity (Wildman–Crippen MR) is 77.2 cm³/mol. The van der Waals surface area contributed by atoms with Crippen LogP contribution in [0.15, 0.2) is 24.3 Å². The van der Waals surface area contributed by atoms with Gasteiger partial charge < -0.3 is 10.4 Å². The zero-order valence-corrected chi connectivity index (χ0v) is 11.8. The standard InChI is InChI=1S/C14H19NO3S/c1-11-4-2-5-12(8-11)9-19-10-13(16)15-7-3-6-14(17)18/h2,4-5,8H,3,6-7,9-10H2,1H3,(H,15,16)(H,17,18). The van der Waals surface area contributed by atoms with Crippen LogP contribution in [0.2, 0.25) is 0 Å². The van der Waals surface area contributed by atoms with Crippen LogP contribution in [0.25, 0.3) is 0 Å². The van der Waals surface area contributed by atoms with Gasteiger partial charge in [0.25, 0.3) is 0 Å². The van der Waals surface area contributed by atoms with Gasteiger partial charge in [0.05, 0.1) is 5.75 Å². The first-order valence-electron chi connectivity index (χ1n) is 6.19. The minimum atomic E-state index is -0.830. The molecule has 1 rings (SSSR count). The molecule has 5 heteroatoms. The zero-order valence-electron chi connectivity index (χ0n) is 11.0. The Morgan fingerprint density at radius 3 is 2.84 bits per heavy atom. The molecule has 0 saturated heterocycles. The van der Waals surface area contributed by atoms with E-state index < -0.39 is 5.97 Å². The number of carbonyl (C=O) groups is 2. The van der Waals surface area contributed by atoms with E-state index in [0.717, 1.165) is 5.75 Å². The number of carboxylic acids is 1. The van der Waals surface area contributed by atoms with Crippen molar-refractivity contribution in [3.63, 3.8) is 0 Å². The van der Waals surface area contributed by atoms with Crippen molar-refractivity contribution in [1.29, 1.82) is 0 Å². The van der Waals surface area contributed by atoms with Crippen LogP contribution in [-0.4, -0.2) is 29.3 Å². The number of rotatable bonds is 8. The van der Waals surface area contributed by atoms with Crippen molar-refractivity contribution in [3.05, 3.63) is 35.4 Å². The van der Waals surface area contributed by atoms with Gasteiger partial charge in [0, 0.05) is 18.7 Å². The highest BCUT2D eigenvalue weighted by molar-refractivity contribution is 7.99. The number of nitrogens with one attached hydrogen (secondary N) is 1. The number of hydrogen-bond acceptors (Lipinski definition) is 3. The maximum absolute atomic E-state index is 11.5. The summed E-state index contributed by atoms with van der Waals surface area (Å²) in [6, 6.07) is 8.21. The summed E-state index contributed by atoms with van der Waals surface area (Å²) in [5.41, 5.74) is 2.43. The van der Waals surface area contributed by atoms with E-state index >= 15 is 0 Å². The Hall–Kier alpha value is -1.49. The molecule has 0 saturated carbocycles. The van der Waals surface area contributed by atoms with Crippen molar-refractivity contribution < 1.29 is 14.7 Å². The van der Waals surface area contributed by atoms with Crippen LogP contribution in [0, 0.1) is 6.92 Å². The lowest BCUT2D eigenvalue weighted by Crippen LogP contribution is -2.26. The molecule has 0 heterocycles. The third-order valence-corrected chi connectivity index (χ3v) is 3.48. The molecule has 1 amide bonds. The maximum atomic E-state index is 11.5. The van der Waals surface area contributed by atoms with Gasteiger partial charge in [-0.15, -0.1) is 11.8 Å². The number of carbonyl (C=O) groups excluding carboxylic acids is 1.